The third kappa shape index (κ3) is 8.59. The molecule has 2 aromatic rings. The van der Waals surface area contributed by atoms with Gasteiger partial charge in [-0.1, -0.05) is 42.5 Å². The van der Waals surface area contributed by atoms with Crippen molar-refractivity contribution in [2.45, 2.75) is 83.3 Å². The molecule has 2 unspecified atom stereocenters. The van der Waals surface area contributed by atoms with E-state index in [4.69, 9.17) is 14.2 Å². The van der Waals surface area contributed by atoms with Gasteiger partial charge in [-0.15, -0.1) is 13.2 Å². The first-order valence-electron chi connectivity index (χ1n) is 13.2. The number of benzene rings is 2. The molecule has 3 atom stereocenters. The van der Waals surface area contributed by atoms with Crippen molar-refractivity contribution >= 4 is 18.0 Å². The highest BCUT2D eigenvalue weighted by Crippen LogP contribution is 2.56. The first-order chi connectivity index (χ1) is 19.3. The monoisotopic (exact) mass is 597 g/mol. The van der Waals surface area contributed by atoms with E-state index < -0.39 is 59.0 Å². The highest BCUT2D eigenvalue weighted by atomic mass is 19.4. The molecule has 3 rings (SSSR count). The lowest BCUT2D eigenvalue weighted by Gasteiger charge is -2.32. The highest BCUT2D eigenvalue weighted by molar-refractivity contribution is 5.91. The number of hydrogen-bond acceptors (Lipinski definition) is 7. The molecule has 0 radical (unpaired) electrons. The Labute approximate surface area is 241 Å². The van der Waals surface area contributed by atoms with E-state index in [1.54, 1.807) is 51.1 Å². The summed E-state index contributed by atoms with van der Waals surface area (Å²) in [6.45, 7) is 7.30. The molecule has 1 aliphatic rings. The van der Waals surface area contributed by atoms with Crippen molar-refractivity contribution in [3.63, 3.8) is 0 Å². The normalized spacial score (nSPS) is 19.3. The van der Waals surface area contributed by atoms with Crippen LogP contribution in [-0.4, -0.2) is 59.3 Å². The van der Waals surface area contributed by atoms with Crippen molar-refractivity contribution in [3.05, 3.63) is 65.7 Å². The minimum Gasteiger partial charge on any atom is -0.458 e. The molecule has 0 aliphatic heterocycles. The minimum absolute atomic E-state index is 0.0830. The Bertz CT molecular complexity index is 1250. The number of alkyl halides is 4. The molecule has 0 heterocycles. The maximum absolute atomic E-state index is 15.1. The number of halogens is 4. The molecule has 42 heavy (non-hydrogen) atoms. The van der Waals surface area contributed by atoms with Crippen molar-refractivity contribution in [3.8, 4) is 5.75 Å². The predicted molar refractivity (Wildman–Crippen MR) is 143 cm³/mol. The maximum Gasteiger partial charge on any atom is 0.573 e. The number of esters is 2. The van der Waals surface area contributed by atoms with E-state index in [0.29, 0.717) is 11.1 Å². The summed E-state index contributed by atoms with van der Waals surface area (Å²) in [6, 6.07) is 13.4. The fraction of sp³-hybridized carbons (Fsp3) is 0.500. The van der Waals surface area contributed by atoms with Gasteiger partial charge in [0, 0.05) is 19.4 Å². The van der Waals surface area contributed by atoms with E-state index in [-0.39, 0.29) is 19.4 Å². The molecule has 230 valence electrons. The number of ether oxygens (including phenoxy) is 4. The molecule has 1 fully saturated rings. The molecule has 0 N–H and O–H groups in total. The quantitative estimate of drug-likeness (QED) is 0.184. The summed E-state index contributed by atoms with van der Waals surface area (Å²) in [5.41, 5.74) is -3.58. The minimum atomic E-state index is -4.89. The van der Waals surface area contributed by atoms with Gasteiger partial charge in [-0.2, -0.15) is 0 Å². The van der Waals surface area contributed by atoms with Crippen LogP contribution in [0.2, 0.25) is 0 Å². The van der Waals surface area contributed by atoms with E-state index in [9.17, 15) is 27.6 Å². The van der Waals surface area contributed by atoms with Crippen molar-refractivity contribution in [1.29, 1.82) is 0 Å². The van der Waals surface area contributed by atoms with Gasteiger partial charge in [0.25, 0.3) is 0 Å². The van der Waals surface area contributed by atoms with Crippen LogP contribution in [0.5, 0.6) is 5.75 Å². The van der Waals surface area contributed by atoms with Gasteiger partial charge >= 0.3 is 24.4 Å². The topological polar surface area (TPSA) is 91.4 Å². The fourth-order valence-electron chi connectivity index (χ4n) is 4.56. The number of carbonyl (C=O) groups is 3. The first kappa shape index (κ1) is 32.7. The van der Waals surface area contributed by atoms with Gasteiger partial charge in [0.05, 0.1) is 0 Å². The zero-order chi connectivity index (χ0) is 31.5. The van der Waals surface area contributed by atoms with Crippen LogP contribution >= 0.6 is 0 Å². The van der Waals surface area contributed by atoms with Gasteiger partial charge < -0.3 is 18.9 Å². The van der Waals surface area contributed by atoms with Crippen LogP contribution in [0.1, 0.15) is 52.2 Å². The van der Waals surface area contributed by atoms with Crippen LogP contribution in [0.25, 0.3) is 0 Å². The predicted octanol–water partition coefficient (Wildman–Crippen LogP) is 6.16. The van der Waals surface area contributed by atoms with Crippen molar-refractivity contribution in [1.82, 2.24) is 4.90 Å². The SMILES string of the molecule is CN(C(=O)OC(C)(C)C)C1(C(=O)O[C@H](Cc2ccc(OC(F)(F)F)cc2)C(=O)OCc2ccccc2)CC1C(C)(C)F. The fourth-order valence-corrected chi connectivity index (χ4v) is 4.56. The van der Waals surface area contributed by atoms with E-state index >= 15 is 4.39 Å². The molecule has 12 heteroatoms. The standard InChI is InChI=1S/C30H35F4NO7/c1-27(2,3)42-26(38)35(6)29(17-23(29)28(4,5)31)25(37)40-22(24(36)39-18-20-10-8-7-9-11-20)16-19-12-14-21(15-13-19)41-30(32,33)34/h7-15,22-23H,16-18H2,1-6H3/t22-,23?,29?/m1/s1. The van der Waals surface area contributed by atoms with Gasteiger partial charge in [-0.05, 0) is 64.3 Å². The molecule has 1 amide bonds. The lowest BCUT2D eigenvalue weighted by molar-refractivity contribution is -0.274. The summed E-state index contributed by atoms with van der Waals surface area (Å²) in [5.74, 6) is -3.41. The molecule has 1 aliphatic carbocycles. The summed E-state index contributed by atoms with van der Waals surface area (Å²) < 4.78 is 73.1. The molecule has 0 bridgehead atoms. The number of likely N-dealkylation sites (N-methyl/N-ethyl adjacent to an activating group) is 1. The third-order valence-corrected chi connectivity index (χ3v) is 6.69. The second-order valence-corrected chi connectivity index (χ2v) is 11.7. The summed E-state index contributed by atoms with van der Waals surface area (Å²) in [6.07, 6.45) is -7.69. The Morgan fingerprint density at radius 2 is 1.52 bits per heavy atom. The van der Waals surface area contributed by atoms with E-state index in [1.165, 1.54) is 33.0 Å². The average Bonchev–Trinajstić information content (AvgIpc) is 3.64. The third-order valence-electron chi connectivity index (χ3n) is 6.69. The van der Waals surface area contributed by atoms with Gasteiger partial charge in [0.1, 0.15) is 29.2 Å². The summed E-state index contributed by atoms with van der Waals surface area (Å²) in [7, 11) is 1.29. The number of amides is 1. The average molecular weight is 598 g/mol. The second kappa shape index (κ2) is 12.2. The second-order valence-electron chi connectivity index (χ2n) is 11.7. The van der Waals surface area contributed by atoms with Crippen LogP contribution in [0.3, 0.4) is 0 Å². The zero-order valence-corrected chi connectivity index (χ0v) is 24.3. The summed E-state index contributed by atoms with van der Waals surface area (Å²) in [5, 5.41) is 0. The number of rotatable bonds is 10. The lowest BCUT2D eigenvalue weighted by Crippen LogP contribution is -2.52. The number of hydrogen-bond donors (Lipinski definition) is 0. The lowest BCUT2D eigenvalue weighted by atomic mass is 9.99. The maximum atomic E-state index is 15.1. The molecular weight excluding hydrogens is 562 g/mol. The molecule has 0 saturated heterocycles. The molecule has 0 spiro atoms. The van der Waals surface area contributed by atoms with Gasteiger partial charge in [0.2, 0.25) is 6.10 Å². The van der Waals surface area contributed by atoms with Gasteiger partial charge in [-0.25, -0.2) is 18.8 Å². The Morgan fingerprint density at radius 1 is 0.929 bits per heavy atom. The van der Waals surface area contributed by atoms with Crippen molar-refractivity contribution in [2.75, 3.05) is 7.05 Å². The van der Waals surface area contributed by atoms with Gasteiger partial charge in [-0.3, -0.25) is 4.90 Å². The Kier molecular flexibility index (Phi) is 9.48. The van der Waals surface area contributed by atoms with Crippen molar-refractivity contribution < 1.29 is 50.9 Å². The zero-order valence-electron chi connectivity index (χ0n) is 24.3. The molecule has 0 aromatic heterocycles. The molecule has 2 aromatic carbocycles. The van der Waals surface area contributed by atoms with Crippen LogP contribution in [-0.2, 0) is 36.8 Å². The highest BCUT2D eigenvalue weighted by Gasteiger charge is 2.71. The Morgan fingerprint density at radius 3 is 2.02 bits per heavy atom. The van der Waals surface area contributed by atoms with Crippen molar-refractivity contribution in [2.24, 2.45) is 5.92 Å². The Hall–Kier alpha value is -3.83. The van der Waals surface area contributed by atoms with Gasteiger partial charge in [0.15, 0.2) is 0 Å². The molecular formula is C30H35F4NO7. The van der Waals surface area contributed by atoms with Crippen LogP contribution < -0.4 is 4.74 Å². The van der Waals surface area contributed by atoms with Crippen LogP contribution in [0.15, 0.2) is 54.6 Å². The van der Waals surface area contributed by atoms with E-state index in [2.05, 4.69) is 4.74 Å². The van der Waals surface area contributed by atoms with Crippen LogP contribution in [0, 0.1) is 5.92 Å². The number of carbonyl (C=O) groups excluding carboxylic acids is 3. The van der Waals surface area contributed by atoms with E-state index in [1.807, 2.05) is 0 Å². The van der Waals surface area contributed by atoms with E-state index in [0.717, 1.165) is 17.0 Å². The molecule has 8 nitrogen and oxygen atoms in total. The largest absolute Gasteiger partial charge is 0.573 e. The summed E-state index contributed by atoms with van der Waals surface area (Å²) in [4.78, 5) is 40.8. The number of nitrogens with zero attached hydrogens (tertiary/aromatic N) is 1. The molecule has 1 saturated carbocycles. The summed E-state index contributed by atoms with van der Waals surface area (Å²) >= 11 is 0. The first-order valence-corrected chi connectivity index (χ1v) is 13.2. The van der Waals surface area contributed by atoms with Crippen LogP contribution in [0.4, 0.5) is 22.4 Å². The smallest absolute Gasteiger partial charge is 0.458 e. The Balaban J connectivity index is 1.87.